The van der Waals surface area contributed by atoms with E-state index in [9.17, 15) is 13.2 Å². The maximum atomic E-state index is 11.6. The monoisotopic (exact) mass is 252 g/mol. The Bertz CT molecular complexity index is 376. The first-order valence-electron chi connectivity index (χ1n) is 4.78. The molecule has 1 rings (SSSR count). The minimum Gasteiger partial charge on any atom is -0.394 e. The first kappa shape index (κ1) is 13.4. The van der Waals surface area contributed by atoms with Crippen molar-refractivity contribution in [2.24, 2.45) is 5.14 Å². The Kier molecular flexibility index (Phi) is 3.58. The summed E-state index contributed by atoms with van der Waals surface area (Å²) in [5.41, 5.74) is -1.14. The van der Waals surface area contributed by atoms with Gasteiger partial charge in [0.15, 0.2) is 0 Å². The molecule has 1 aliphatic rings. The maximum absolute atomic E-state index is 11.6. The fourth-order valence-electron chi connectivity index (χ4n) is 1.64. The van der Waals surface area contributed by atoms with E-state index in [1.807, 2.05) is 0 Å². The van der Waals surface area contributed by atoms with Crippen molar-refractivity contribution in [1.29, 1.82) is 0 Å². The van der Waals surface area contributed by atoms with Crippen LogP contribution in [-0.4, -0.2) is 60.0 Å². The Labute approximate surface area is 93.9 Å². The summed E-state index contributed by atoms with van der Waals surface area (Å²) in [6.45, 7) is 0.519. The predicted octanol–water partition coefficient (Wildman–Crippen LogP) is -2.38. The molecule has 0 bridgehead atoms. The number of nitrogens with zero attached hydrogens (tertiary/aromatic N) is 1. The minimum atomic E-state index is -3.77. The zero-order valence-electron chi connectivity index (χ0n) is 8.96. The largest absolute Gasteiger partial charge is 0.394 e. The molecule has 0 saturated carbocycles. The van der Waals surface area contributed by atoms with Gasteiger partial charge >= 0.3 is 0 Å². The number of likely N-dealkylation sites (tertiary alicyclic amines) is 1. The highest BCUT2D eigenvalue weighted by Crippen LogP contribution is 2.24. The van der Waals surface area contributed by atoms with Gasteiger partial charge in [0.2, 0.25) is 15.9 Å². The third-order valence-electron chi connectivity index (χ3n) is 2.89. The lowest BCUT2D eigenvalue weighted by molar-refractivity contribution is -0.136. The second-order valence-corrected chi connectivity index (χ2v) is 6.08. The molecular formula is C8H16N2O5S. The Morgan fingerprint density at radius 3 is 2.31 bits per heavy atom. The summed E-state index contributed by atoms with van der Waals surface area (Å²) in [5.74, 6) is -0.426. The SMILES string of the molecule is CC(CO)(CO)N1CC(S(N)(=O)=O)CC1=O. The van der Waals surface area contributed by atoms with Crippen molar-refractivity contribution in [3.8, 4) is 0 Å². The van der Waals surface area contributed by atoms with E-state index in [-0.39, 0.29) is 13.0 Å². The number of aliphatic hydroxyl groups is 2. The highest BCUT2D eigenvalue weighted by atomic mass is 32.2. The van der Waals surface area contributed by atoms with Crippen molar-refractivity contribution in [2.45, 2.75) is 24.1 Å². The number of aliphatic hydroxyl groups excluding tert-OH is 2. The topological polar surface area (TPSA) is 121 Å². The van der Waals surface area contributed by atoms with E-state index in [1.165, 1.54) is 11.8 Å². The molecule has 1 saturated heterocycles. The van der Waals surface area contributed by atoms with Crippen molar-refractivity contribution >= 4 is 15.9 Å². The predicted molar refractivity (Wildman–Crippen MR) is 55.8 cm³/mol. The Hall–Kier alpha value is -0.700. The number of amides is 1. The van der Waals surface area contributed by atoms with Crippen LogP contribution in [0.1, 0.15) is 13.3 Å². The molecule has 94 valence electrons. The van der Waals surface area contributed by atoms with E-state index in [2.05, 4.69) is 0 Å². The Balaban J connectivity index is 2.91. The van der Waals surface area contributed by atoms with Crippen LogP contribution in [0.5, 0.6) is 0 Å². The number of primary sulfonamides is 1. The molecule has 1 amide bonds. The Morgan fingerprint density at radius 1 is 1.50 bits per heavy atom. The molecule has 16 heavy (non-hydrogen) atoms. The lowest BCUT2D eigenvalue weighted by Gasteiger charge is -2.35. The summed E-state index contributed by atoms with van der Waals surface area (Å²) >= 11 is 0. The van der Waals surface area contributed by atoms with E-state index in [0.717, 1.165) is 0 Å². The minimum absolute atomic E-state index is 0.0880. The molecule has 0 spiro atoms. The highest BCUT2D eigenvalue weighted by molar-refractivity contribution is 7.89. The molecule has 1 atom stereocenters. The highest BCUT2D eigenvalue weighted by Gasteiger charge is 2.44. The molecule has 0 aromatic rings. The van der Waals surface area contributed by atoms with E-state index in [0.29, 0.717) is 0 Å². The van der Waals surface area contributed by atoms with Crippen molar-refractivity contribution in [3.05, 3.63) is 0 Å². The van der Waals surface area contributed by atoms with Crippen molar-refractivity contribution in [2.75, 3.05) is 19.8 Å². The van der Waals surface area contributed by atoms with Gasteiger partial charge in [0, 0.05) is 13.0 Å². The van der Waals surface area contributed by atoms with Gasteiger partial charge in [-0.1, -0.05) is 0 Å². The molecule has 1 unspecified atom stereocenters. The molecule has 1 heterocycles. The van der Waals surface area contributed by atoms with Crippen molar-refractivity contribution in [1.82, 2.24) is 4.90 Å². The average Bonchev–Trinajstić information content (AvgIpc) is 2.59. The molecule has 0 radical (unpaired) electrons. The van der Waals surface area contributed by atoms with Gasteiger partial charge in [-0.25, -0.2) is 13.6 Å². The lowest BCUT2D eigenvalue weighted by Crippen LogP contribution is -2.53. The first-order valence-corrected chi connectivity index (χ1v) is 6.39. The number of rotatable bonds is 4. The number of hydrogen-bond acceptors (Lipinski definition) is 5. The molecule has 0 aromatic heterocycles. The standard InChI is InChI=1S/C8H16N2O5S/c1-8(4-11,5-12)10-3-6(2-7(10)13)16(9,14)15/h6,11-12H,2-5H2,1H3,(H2,9,14,15). The summed E-state index contributed by atoms with van der Waals surface area (Å²) in [7, 11) is -3.77. The number of carbonyl (C=O) groups excluding carboxylic acids is 1. The summed E-state index contributed by atoms with van der Waals surface area (Å²) in [5, 5.41) is 22.2. The summed E-state index contributed by atoms with van der Waals surface area (Å²) in [6.07, 6.45) is -0.200. The second-order valence-electron chi connectivity index (χ2n) is 4.23. The smallest absolute Gasteiger partial charge is 0.224 e. The van der Waals surface area contributed by atoms with Gasteiger partial charge in [0.1, 0.15) is 5.25 Å². The number of nitrogens with two attached hydrogens (primary N) is 1. The van der Waals surface area contributed by atoms with Crippen LogP contribution in [0.3, 0.4) is 0 Å². The van der Waals surface area contributed by atoms with Crippen molar-refractivity contribution < 1.29 is 23.4 Å². The van der Waals surface area contributed by atoms with Gasteiger partial charge in [-0.3, -0.25) is 4.79 Å². The molecule has 0 aromatic carbocycles. The lowest BCUT2D eigenvalue weighted by atomic mass is 10.0. The van der Waals surface area contributed by atoms with Gasteiger partial charge in [-0.15, -0.1) is 0 Å². The third kappa shape index (κ3) is 2.34. The quantitative estimate of drug-likeness (QED) is 0.516. The zero-order chi connectivity index (χ0) is 12.6. The molecule has 0 aliphatic carbocycles. The van der Waals surface area contributed by atoms with E-state index >= 15 is 0 Å². The number of hydrogen-bond donors (Lipinski definition) is 3. The molecule has 4 N–H and O–H groups in total. The van der Waals surface area contributed by atoms with Crippen LogP contribution in [0.25, 0.3) is 0 Å². The molecule has 1 fully saturated rings. The van der Waals surface area contributed by atoms with Crippen LogP contribution in [0, 0.1) is 0 Å². The van der Waals surface area contributed by atoms with Gasteiger partial charge in [0.05, 0.1) is 18.8 Å². The van der Waals surface area contributed by atoms with Gasteiger partial charge < -0.3 is 15.1 Å². The Morgan fingerprint density at radius 2 is 2.00 bits per heavy atom. The first-order chi connectivity index (χ1) is 7.24. The van der Waals surface area contributed by atoms with Gasteiger partial charge in [0.25, 0.3) is 0 Å². The van der Waals surface area contributed by atoms with E-state index in [1.54, 1.807) is 0 Å². The van der Waals surface area contributed by atoms with E-state index in [4.69, 9.17) is 15.4 Å². The second kappa shape index (κ2) is 4.28. The van der Waals surface area contributed by atoms with Crippen molar-refractivity contribution in [3.63, 3.8) is 0 Å². The molecule has 1 aliphatic heterocycles. The van der Waals surface area contributed by atoms with Crippen LogP contribution >= 0.6 is 0 Å². The van der Waals surface area contributed by atoms with Crippen LogP contribution in [0.15, 0.2) is 0 Å². The van der Waals surface area contributed by atoms with Crippen LogP contribution in [0.2, 0.25) is 0 Å². The zero-order valence-corrected chi connectivity index (χ0v) is 9.77. The summed E-state index contributed by atoms with van der Waals surface area (Å²) in [4.78, 5) is 12.7. The fraction of sp³-hybridized carbons (Fsp3) is 0.875. The summed E-state index contributed by atoms with van der Waals surface area (Å²) < 4.78 is 22.2. The van der Waals surface area contributed by atoms with Crippen LogP contribution in [-0.2, 0) is 14.8 Å². The summed E-state index contributed by atoms with van der Waals surface area (Å²) in [6, 6.07) is 0. The van der Waals surface area contributed by atoms with Crippen LogP contribution in [0.4, 0.5) is 0 Å². The fourth-order valence-corrected chi connectivity index (χ4v) is 2.37. The molecule has 7 nitrogen and oxygen atoms in total. The molecule has 8 heteroatoms. The normalized spacial score (nSPS) is 22.9. The number of sulfonamides is 1. The molecular weight excluding hydrogens is 236 g/mol. The number of carbonyl (C=O) groups is 1. The van der Waals surface area contributed by atoms with E-state index < -0.39 is 39.9 Å². The average molecular weight is 252 g/mol. The third-order valence-corrected chi connectivity index (χ3v) is 4.13. The van der Waals surface area contributed by atoms with Crippen LogP contribution < -0.4 is 5.14 Å². The van der Waals surface area contributed by atoms with Gasteiger partial charge in [-0.05, 0) is 6.92 Å². The maximum Gasteiger partial charge on any atom is 0.224 e. The van der Waals surface area contributed by atoms with Gasteiger partial charge in [-0.2, -0.15) is 0 Å².